The first-order valence-electron chi connectivity index (χ1n) is 10.9. The Hall–Kier alpha value is -4.62. The number of ketones is 1. The van der Waals surface area contributed by atoms with Crippen molar-refractivity contribution in [2.45, 2.75) is 32.6 Å². The van der Waals surface area contributed by atoms with Gasteiger partial charge in [-0.2, -0.15) is 13.2 Å². The van der Waals surface area contributed by atoms with Crippen LogP contribution in [-0.4, -0.2) is 40.3 Å². The van der Waals surface area contributed by atoms with Gasteiger partial charge in [0.1, 0.15) is 23.3 Å². The SMILES string of the molecule is CC(=O)Cn1c(=O)c2c(ncn2[C@@H](C)C(=O)Nc2cccc(-c3ccc(C(F)(F)F)nc3)n2)n(C)c1=O. The van der Waals surface area contributed by atoms with Crippen molar-refractivity contribution in [3.05, 3.63) is 69.4 Å². The number of nitrogens with zero attached hydrogens (tertiary/aromatic N) is 6. The molecule has 0 aliphatic rings. The highest BCUT2D eigenvalue weighted by Crippen LogP contribution is 2.29. The van der Waals surface area contributed by atoms with Gasteiger partial charge in [-0.25, -0.2) is 14.8 Å². The second-order valence-corrected chi connectivity index (χ2v) is 8.26. The average Bonchev–Trinajstić information content (AvgIpc) is 3.30. The van der Waals surface area contributed by atoms with Gasteiger partial charge in [0.25, 0.3) is 5.56 Å². The van der Waals surface area contributed by atoms with Gasteiger partial charge in [0.05, 0.1) is 18.6 Å². The normalized spacial score (nSPS) is 12.5. The molecule has 14 heteroatoms. The number of imidazole rings is 1. The van der Waals surface area contributed by atoms with Crippen molar-refractivity contribution in [3.63, 3.8) is 0 Å². The van der Waals surface area contributed by atoms with Gasteiger partial charge >= 0.3 is 11.9 Å². The van der Waals surface area contributed by atoms with Crippen molar-refractivity contribution >= 4 is 28.7 Å². The predicted octanol–water partition coefficient (Wildman–Crippen LogP) is 2.16. The number of hydrogen-bond donors (Lipinski definition) is 1. The molecule has 0 saturated carbocycles. The Labute approximate surface area is 206 Å². The number of alkyl halides is 3. The monoisotopic (exact) mass is 515 g/mol. The summed E-state index contributed by atoms with van der Waals surface area (Å²) in [6.07, 6.45) is -2.30. The molecule has 0 radical (unpaired) electrons. The van der Waals surface area contributed by atoms with Gasteiger partial charge in [0.15, 0.2) is 11.2 Å². The molecule has 192 valence electrons. The number of amides is 1. The van der Waals surface area contributed by atoms with Crippen LogP contribution in [-0.2, 0) is 29.4 Å². The third-order valence-corrected chi connectivity index (χ3v) is 5.59. The van der Waals surface area contributed by atoms with Crippen molar-refractivity contribution < 1.29 is 22.8 Å². The van der Waals surface area contributed by atoms with Crippen LogP contribution >= 0.6 is 0 Å². The molecule has 4 rings (SSSR count). The minimum atomic E-state index is -4.57. The Morgan fingerprint density at radius 2 is 1.84 bits per heavy atom. The number of aryl methyl sites for hydroxylation is 1. The van der Waals surface area contributed by atoms with E-state index >= 15 is 0 Å². The third kappa shape index (κ3) is 4.90. The number of nitrogens with one attached hydrogen (secondary N) is 1. The second kappa shape index (κ2) is 9.44. The summed E-state index contributed by atoms with van der Waals surface area (Å²) >= 11 is 0. The van der Waals surface area contributed by atoms with Crippen LogP contribution < -0.4 is 16.6 Å². The molecule has 0 unspecified atom stereocenters. The molecule has 0 aliphatic heterocycles. The number of rotatable bonds is 6. The van der Waals surface area contributed by atoms with E-state index in [1.807, 2.05) is 0 Å². The van der Waals surface area contributed by atoms with Gasteiger partial charge in [-0.05, 0) is 38.1 Å². The molecule has 0 fully saturated rings. The number of carbonyl (C=O) groups excluding carboxylic acids is 2. The van der Waals surface area contributed by atoms with Gasteiger partial charge < -0.3 is 9.88 Å². The van der Waals surface area contributed by atoms with Crippen LogP contribution in [0.15, 0.2) is 52.4 Å². The summed E-state index contributed by atoms with van der Waals surface area (Å²) in [6, 6.07) is 5.66. The smallest absolute Gasteiger partial charge is 0.312 e. The molecule has 37 heavy (non-hydrogen) atoms. The minimum absolute atomic E-state index is 0.0384. The average molecular weight is 515 g/mol. The highest BCUT2D eigenvalue weighted by Gasteiger charge is 2.32. The topological polar surface area (TPSA) is 134 Å². The summed E-state index contributed by atoms with van der Waals surface area (Å²) in [7, 11) is 1.40. The summed E-state index contributed by atoms with van der Waals surface area (Å²) in [6.45, 7) is 2.31. The molecule has 1 amide bonds. The number of halogens is 3. The van der Waals surface area contributed by atoms with Crippen LogP contribution in [0.5, 0.6) is 0 Å². The van der Waals surface area contributed by atoms with E-state index in [2.05, 4.69) is 20.3 Å². The minimum Gasteiger partial charge on any atom is -0.312 e. The van der Waals surface area contributed by atoms with Gasteiger partial charge in [0.2, 0.25) is 5.91 Å². The lowest BCUT2D eigenvalue weighted by atomic mass is 10.1. The zero-order valence-corrected chi connectivity index (χ0v) is 19.8. The fourth-order valence-electron chi connectivity index (χ4n) is 3.68. The number of pyridine rings is 2. The number of carbonyl (C=O) groups is 2. The van der Waals surface area contributed by atoms with Gasteiger partial charge in [-0.3, -0.25) is 28.5 Å². The number of anilines is 1. The lowest BCUT2D eigenvalue weighted by Crippen LogP contribution is -2.41. The Balaban J connectivity index is 1.63. The third-order valence-electron chi connectivity index (χ3n) is 5.59. The zero-order valence-electron chi connectivity index (χ0n) is 19.8. The summed E-state index contributed by atoms with van der Waals surface area (Å²) < 4.78 is 41.5. The molecule has 1 atom stereocenters. The van der Waals surface area contributed by atoms with Crippen molar-refractivity contribution in [1.82, 2.24) is 28.7 Å². The van der Waals surface area contributed by atoms with E-state index in [4.69, 9.17) is 0 Å². The summed E-state index contributed by atoms with van der Waals surface area (Å²) in [4.78, 5) is 61.9. The zero-order chi connectivity index (χ0) is 27.1. The number of aromatic nitrogens is 6. The van der Waals surface area contributed by atoms with E-state index < -0.39 is 47.4 Å². The first-order valence-corrected chi connectivity index (χ1v) is 10.9. The lowest BCUT2D eigenvalue weighted by molar-refractivity contribution is -0.141. The van der Waals surface area contributed by atoms with Crippen LogP contribution in [0, 0.1) is 0 Å². The van der Waals surface area contributed by atoms with Crippen molar-refractivity contribution in [1.29, 1.82) is 0 Å². The molecule has 4 aromatic rings. The number of hydrogen-bond acceptors (Lipinski definition) is 7. The van der Waals surface area contributed by atoms with Crippen LogP contribution in [0.25, 0.3) is 22.4 Å². The van der Waals surface area contributed by atoms with Gasteiger partial charge in [-0.15, -0.1) is 0 Å². The molecule has 0 spiro atoms. The van der Waals surface area contributed by atoms with E-state index in [0.717, 1.165) is 21.4 Å². The lowest BCUT2D eigenvalue weighted by Gasteiger charge is -2.15. The Kier molecular flexibility index (Phi) is 6.50. The Morgan fingerprint density at radius 3 is 2.46 bits per heavy atom. The fraction of sp³-hybridized carbons (Fsp3) is 0.261. The highest BCUT2D eigenvalue weighted by molar-refractivity contribution is 5.93. The number of Topliss-reactive ketones (excluding diaryl/α,β-unsaturated/α-hetero) is 1. The largest absolute Gasteiger partial charge is 0.433 e. The van der Waals surface area contributed by atoms with Crippen molar-refractivity contribution in [2.24, 2.45) is 7.05 Å². The van der Waals surface area contributed by atoms with E-state index in [-0.39, 0.29) is 22.7 Å². The maximum absolute atomic E-state index is 13.0. The molecule has 4 aromatic heterocycles. The molecule has 0 saturated heterocycles. The number of fused-ring (bicyclic) bond motifs is 1. The van der Waals surface area contributed by atoms with E-state index in [1.54, 1.807) is 12.1 Å². The fourth-order valence-corrected chi connectivity index (χ4v) is 3.68. The van der Waals surface area contributed by atoms with Gasteiger partial charge in [-0.1, -0.05) is 6.07 Å². The van der Waals surface area contributed by atoms with Crippen molar-refractivity contribution in [2.75, 3.05) is 5.32 Å². The molecule has 0 bridgehead atoms. The first kappa shape index (κ1) is 25.5. The molecule has 4 heterocycles. The molecular weight excluding hydrogens is 495 g/mol. The summed E-state index contributed by atoms with van der Waals surface area (Å²) in [5, 5.41) is 2.60. The standard InChI is InChI=1S/C23H20F3N7O4/c1-12(34)10-32-21(36)18-19(31(3)22(32)37)28-11-33(18)13(2)20(35)30-17-6-4-5-15(29-17)14-7-8-16(27-9-14)23(24,25)26/h4-9,11,13H,10H2,1-3H3,(H,29,30,35)/t13-/m0/s1. The summed E-state index contributed by atoms with van der Waals surface area (Å²) in [5.41, 5.74) is -1.92. The molecule has 1 N–H and O–H groups in total. The quantitative estimate of drug-likeness (QED) is 0.416. The maximum atomic E-state index is 13.0. The molecule has 11 nitrogen and oxygen atoms in total. The van der Waals surface area contributed by atoms with Crippen molar-refractivity contribution in [3.8, 4) is 11.3 Å². The highest BCUT2D eigenvalue weighted by atomic mass is 19.4. The van der Waals surface area contributed by atoms with E-state index in [9.17, 15) is 32.3 Å². The molecule has 0 aliphatic carbocycles. The molecular formula is C23H20F3N7O4. The Morgan fingerprint density at radius 1 is 1.11 bits per heavy atom. The van der Waals surface area contributed by atoms with E-state index in [1.165, 1.54) is 43.9 Å². The summed E-state index contributed by atoms with van der Waals surface area (Å²) in [5.74, 6) is -0.870. The van der Waals surface area contributed by atoms with Crippen LogP contribution in [0.3, 0.4) is 0 Å². The molecule has 0 aromatic carbocycles. The first-order chi connectivity index (χ1) is 17.4. The maximum Gasteiger partial charge on any atom is 0.433 e. The van der Waals surface area contributed by atoms with Gasteiger partial charge in [0, 0.05) is 18.8 Å². The predicted molar refractivity (Wildman–Crippen MR) is 126 cm³/mol. The second-order valence-electron chi connectivity index (χ2n) is 8.26. The Bertz CT molecular complexity index is 1640. The van der Waals surface area contributed by atoms with Crippen LogP contribution in [0.2, 0.25) is 0 Å². The van der Waals surface area contributed by atoms with Crippen LogP contribution in [0.4, 0.5) is 19.0 Å². The van der Waals surface area contributed by atoms with Crippen LogP contribution in [0.1, 0.15) is 25.6 Å². The van der Waals surface area contributed by atoms with E-state index in [0.29, 0.717) is 5.56 Å².